The second kappa shape index (κ2) is 11.4. The summed E-state index contributed by atoms with van der Waals surface area (Å²) < 4.78 is 4.46. The molecule has 0 unspecified atom stereocenters. The molecular formula is C45H25N5. The van der Waals surface area contributed by atoms with Gasteiger partial charge in [-0.2, -0.15) is 15.8 Å². The minimum Gasteiger partial charge on any atom is -0.309 e. The van der Waals surface area contributed by atoms with E-state index in [1.165, 1.54) is 10.8 Å². The number of hydrogen-bond acceptors (Lipinski definition) is 3. The summed E-state index contributed by atoms with van der Waals surface area (Å²) in [5.41, 5.74) is 11.5. The summed E-state index contributed by atoms with van der Waals surface area (Å²) >= 11 is 0. The zero-order valence-corrected chi connectivity index (χ0v) is 26.7. The van der Waals surface area contributed by atoms with Crippen LogP contribution in [0.15, 0.2) is 152 Å². The van der Waals surface area contributed by atoms with Crippen LogP contribution in [0.3, 0.4) is 0 Å². The lowest BCUT2D eigenvalue weighted by Gasteiger charge is -2.16. The third kappa shape index (κ3) is 4.38. The molecule has 0 bridgehead atoms. The lowest BCUT2D eigenvalue weighted by Crippen LogP contribution is -1.98. The van der Waals surface area contributed by atoms with Crippen molar-refractivity contribution < 1.29 is 0 Å². The summed E-state index contributed by atoms with van der Waals surface area (Å²) in [5, 5.41) is 34.0. The summed E-state index contributed by atoms with van der Waals surface area (Å²) in [6, 6.07) is 57.8. The van der Waals surface area contributed by atoms with E-state index in [0.717, 1.165) is 66.5 Å². The first-order chi connectivity index (χ1) is 24.7. The molecule has 9 rings (SSSR count). The minimum absolute atomic E-state index is 0.553. The van der Waals surface area contributed by atoms with E-state index in [0.29, 0.717) is 16.7 Å². The molecule has 0 N–H and O–H groups in total. The Hall–Kier alpha value is -7.39. The Morgan fingerprint density at radius 2 is 0.920 bits per heavy atom. The molecule has 0 fully saturated rings. The molecule has 5 heteroatoms. The highest BCUT2D eigenvalue weighted by Gasteiger charge is 2.19. The first-order valence-corrected chi connectivity index (χ1v) is 16.3. The van der Waals surface area contributed by atoms with Gasteiger partial charge in [0.05, 0.1) is 62.7 Å². The normalized spacial score (nSPS) is 11.1. The molecule has 0 saturated heterocycles. The second-order valence-electron chi connectivity index (χ2n) is 12.3. The molecule has 2 heterocycles. The van der Waals surface area contributed by atoms with E-state index in [2.05, 4.69) is 106 Å². The van der Waals surface area contributed by atoms with E-state index < -0.39 is 0 Å². The van der Waals surface area contributed by atoms with Gasteiger partial charge in [0.15, 0.2) is 0 Å². The van der Waals surface area contributed by atoms with Gasteiger partial charge in [-0.3, -0.25) is 0 Å². The maximum Gasteiger partial charge on any atom is 0.0998 e. The molecular weight excluding hydrogens is 611 g/mol. The maximum absolute atomic E-state index is 10.5. The number of rotatable bonds is 4. The zero-order chi connectivity index (χ0) is 33.8. The van der Waals surface area contributed by atoms with Gasteiger partial charge in [0.25, 0.3) is 0 Å². The number of hydrogen-bond donors (Lipinski definition) is 0. The molecule has 0 spiro atoms. The van der Waals surface area contributed by atoms with E-state index in [1.807, 2.05) is 72.8 Å². The Bertz CT molecular complexity index is 2830. The molecule has 0 atom stereocenters. The number of nitrogens with zero attached hydrogens (tertiary/aromatic N) is 5. The molecule has 0 aliphatic carbocycles. The number of nitriles is 3. The van der Waals surface area contributed by atoms with E-state index in [4.69, 9.17) is 0 Å². The number of fused-ring (bicyclic) bond motifs is 6. The quantitative estimate of drug-likeness (QED) is 0.193. The molecule has 0 saturated carbocycles. The fraction of sp³-hybridized carbons (Fsp3) is 0. The standard InChI is InChI=1S/C45H25N5/c46-26-29-13-21-44-39(23-29)40-24-30(27-47)14-22-45(40)50(44)43-12-6-1-7-36(43)35-20-17-32(25-33(35)28-48)31-15-18-34(19-16-31)49-41-10-4-2-8-37(41)38-9-3-5-11-42(38)49/h1-25H. The molecule has 0 aliphatic heterocycles. The molecule has 0 aliphatic rings. The fourth-order valence-corrected chi connectivity index (χ4v) is 7.37. The van der Waals surface area contributed by atoms with Gasteiger partial charge >= 0.3 is 0 Å². The highest BCUT2D eigenvalue weighted by Crippen LogP contribution is 2.39. The van der Waals surface area contributed by atoms with Gasteiger partial charge < -0.3 is 9.13 Å². The van der Waals surface area contributed by atoms with Gasteiger partial charge in [-0.15, -0.1) is 0 Å². The first-order valence-electron chi connectivity index (χ1n) is 16.3. The van der Waals surface area contributed by atoms with Crippen molar-refractivity contribution in [3.63, 3.8) is 0 Å². The van der Waals surface area contributed by atoms with Crippen LogP contribution >= 0.6 is 0 Å². The maximum atomic E-state index is 10.5. The number of benzene rings is 7. The van der Waals surface area contributed by atoms with Crippen molar-refractivity contribution in [2.45, 2.75) is 0 Å². The predicted octanol–water partition coefficient (Wildman–Crippen LogP) is 10.8. The lowest BCUT2D eigenvalue weighted by molar-refractivity contribution is 1.18. The van der Waals surface area contributed by atoms with Crippen molar-refractivity contribution in [3.05, 3.63) is 168 Å². The second-order valence-corrected chi connectivity index (χ2v) is 12.3. The molecule has 7 aromatic carbocycles. The summed E-state index contributed by atoms with van der Waals surface area (Å²) in [5.74, 6) is 0. The minimum atomic E-state index is 0.553. The van der Waals surface area contributed by atoms with Crippen molar-refractivity contribution in [1.29, 1.82) is 15.8 Å². The molecule has 50 heavy (non-hydrogen) atoms. The summed E-state index contributed by atoms with van der Waals surface area (Å²) in [4.78, 5) is 0. The number of para-hydroxylation sites is 3. The van der Waals surface area contributed by atoms with Gasteiger partial charge in [-0.1, -0.05) is 78.9 Å². The van der Waals surface area contributed by atoms with Crippen LogP contribution in [0.5, 0.6) is 0 Å². The fourth-order valence-electron chi connectivity index (χ4n) is 7.37. The highest BCUT2D eigenvalue weighted by atomic mass is 15.0. The number of aromatic nitrogens is 2. The SMILES string of the molecule is N#Cc1ccc2c(c1)c1cc(C#N)ccc1n2-c1ccccc1-c1ccc(-c2ccc(-n3c4ccccc4c4ccccc43)cc2)cc1C#N. The molecule has 2 aromatic heterocycles. The molecule has 9 aromatic rings. The largest absolute Gasteiger partial charge is 0.309 e. The summed E-state index contributed by atoms with van der Waals surface area (Å²) in [6.45, 7) is 0. The average Bonchev–Trinajstić information content (AvgIpc) is 3.69. The molecule has 230 valence electrons. The topological polar surface area (TPSA) is 81.2 Å². The monoisotopic (exact) mass is 635 g/mol. The molecule has 0 amide bonds. The predicted molar refractivity (Wildman–Crippen MR) is 200 cm³/mol. The Kier molecular flexibility index (Phi) is 6.56. The van der Waals surface area contributed by atoms with Crippen LogP contribution in [0.4, 0.5) is 0 Å². The van der Waals surface area contributed by atoms with E-state index in [1.54, 1.807) is 0 Å². The smallest absolute Gasteiger partial charge is 0.0998 e. The lowest BCUT2D eigenvalue weighted by atomic mass is 9.94. The van der Waals surface area contributed by atoms with Crippen LogP contribution in [0.1, 0.15) is 16.7 Å². The van der Waals surface area contributed by atoms with E-state index in [-0.39, 0.29) is 0 Å². The van der Waals surface area contributed by atoms with Crippen molar-refractivity contribution in [2.24, 2.45) is 0 Å². The molecule has 0 radical (unpaired) electrons. The van der Waals surface area contributed by atoms with Crippen molar-refractivity contribution in [2.75, 3.05) is 0 Å². The summed E-state index contributed by atoms with van der Waals surface area (Å²) in [6.07, 6.45) is 0. The van der Waals surface area contributed by atoms with E-state index >= 15 is 0 Å². The Balaban J connectivity index is 1.15. The van der Waals surface area contributed by atoms with Gasteiger partial charge in [-0.05, 0) is 83.9 Å². The van der Waals surface area contributed by atoms with Crippen LogP contribution in [0, 0.1) is 34.0 Å². The zero-order valence-electron chi connectivity index (χ0n) is 26.7. The van der Waals surface area contributed by atoms with Crippen LogP contribution in [0.25, 0.3) is 77.2 Å². The first kappa shape index (κ1) is 28.8. The van der Waals surface area contributed by atoms with Crippen molar-refractivity contribution in [3.8, 4) is 51.8 Å². The van der Waals surface area contributed by atoms with Crippen LogP contribution < -0.4 is 0 Å². The van der Waals surface area contributed by atoms with Gasteiger partial charge in [0.2, 0.25) is 0 Å². The third-order valence-corrected chi connectivity index (χ3v) is 9.64. The Labute approximate surface area is 287 Å². The van der Waals surface area contributed by atoms with Crippen molar-refractivity contribution in [1.82, 2.24) is 9.13 Å². The Morgan fingerprint density at radius 1 is 0.380 bits per heavy atom. The van der Waals surface area contributed by atoms with Crippen LogP contribution in [0.2, 0.25) is 0 Å². The highest BCUT2D eigenvalue weighted by molar-refractivity contribution is 6.11. The molecule has 5 nitrogen and oxygen atoms in total. The van der Waals surface area contributed by atoms with Gasteiger partial charge in [0, 0.05) is 38.4 Å². The third-order valence-electron chi connectivity index (χ3n) is 9.64. The van der Waals surface area contributed by atoms with Crippen LogP contribution in [-0.4, -0.2) is 9.13 Å². The van der Waals surface area contributed by atoms with Gasteiger partial charge in [-0.25, -0.2) is 0 Å². The average molecular weight is 636 g/mol. The summed E-state index contributed by atoms with van der Waals surface area (Å²) in [7, 11) is 0. The van der Waals surface area contributed by atoms with Crippen LogP contribution in [-0.2, 0) is 0 Å². The van der Waals surface area contributed by atoms with Gasteiger partial charge in [0.1, 0.15) is 0 Å². The van der Waals surface area contributed by atoms with E-state index in [9.17, 15) is 15.8 Å². The van der Waals surface area contributed by atoms with Crippen molar-refractivity contribution >= 4 is 43.6 Å². The Morgan fingerprint density at radius 3 is 1.52 bits per heavy atom.